The molecular weight excluding hydrogens is 452 g/mol. The van der Waals surface area contributed by atoms with Crippen LogP contribution in [0.3, 0.4) is 0 Å². The highest BCUT2D eigenvalue weighted by Gasteiger charge is 2.33. The molecule has 34 heavy (non-hydrogen) atoms. The smallest absolute Gasteiger partial charge is 0.226 e. The van der Waals surface area contributed by atoms with Crippen molar-refractivity contribution < 1.29 is 14.4 Å². The van der Waals surface area contributed by atoms with Gasteiger partial charge in [0.2, 0.25) is 17.7 Å². The highest BCUT2D eigenvalue weighted by atomic mass is 35.5. The van der Waals surface area contributed by atoms with Crippen molar-refractivity contribution in [2.24, 2.45) is 5.92 Å². The number of piperazine rings is 1. The molecule has 1 saturated heterocycles. The van der Waals surface area contributed by atoms with Gasteiger partial charge in [0.25, 0.3) is 0 Å². The Morgan fingerprint density at radius 2 is 1.88 bits per heavy atom. The van der Waals surface area contributed by atoms with Gasteiger partial charge in [-0.05, 0) is 56.4 Å². The number of amides is 3. The average molecular weight is 491 g/mol. The maximum absolute atomic E-state index is 12.9. The molecule has 0 bridgehead atoms. The zero-order chi connectivity index (χ0) is 24.8. The molecule has 1 aliphatic heterocycles. The van der Waals surface area contributed by atoms with E-state index in [0.717, 1.165) is 55.8 Å². The van der Waals surface area contributed by atoms with Crippen LogP contribution in [0.4, 0.5) is 5.69 Å². The van der Waals surface area contributed by atoms with Crippen molar-refractivity contribution in [3.8, 4) is 0 Å². The van der Waals surface area contributed by atoms with E-state index in [1.807, 2.05) is 13.0 Å². The number of anilines is 1. The number of rotatable bonds is 8. The normalized spacial score (nSPS) is 19.3. The van der Waals surface area contributed by atoms with Crippen molar-refractivity contribution in [1.29, 1.82) is 0 Å². The van der Waals surface area contributed by atoms with Crippen LogP contribution in [0.15, 0.2) is 12.1 Å². The highest BCUT2D eigenvalue weighted by molar-refractivity contribution is 6.31. The predicted molar refractivity (Wildman–Crippen MR) is 136 cm³/mol. The number of hydrogen-bond acceptors (Lipinski definition) is 4. The fourth-order valence-corrected chi connectivity index (χ4v) is 5.27. The first-order valence-corrected chi connectivity index (χ1v) is 12.9. The molecule has 0 aromatic heterocycles. The third-order valence-corrected chi connectivity index (χ3v) is 7.50. The van der Waals surface area contributed by atoms with Gasteiger partial charge in [0, 0.05) is 75.8 Å². The van der Waals surface area contributed by atoms with Crippen LogP contribution >= 0.6 is 11.6 Å². The molecule has 1 atom stereocenters. The van der Waals surface area contributed by atoms with Crippen molar-refractivity contribution in [2.45, 2.75) is 71.9 Å². The summed E-state index contributed by atoms with van der Waals surface area (Å²) >= 11 is 6.40. The maximum Gasteiger partial charge on any atom is 0.226 e. The highest BCUT2D eigenvalue weighted by Crippen LogP contribution is 2.29. The molecule has 1 aromatic carbocycles. The third-order valence-electron chi connectivity index (χ3n) is 7.28. The quantitative estimate of drug-likeness (QED) is 0.596. The Bertz CT molecular complexity index is 900. The van der Waals surface area contributed by atoms with Gasteiger partial charge >= 0.3 is 0 Å². The minimum atomic E-state index is -0.0825. The Morgan fingerprint density at radius 1 is 1.18 bits per heavy atom. The number of carbonyl (C=O) groups is 3. The van der Waals surface area contributed by atoms with Gasteiger partial charge < -0.3 is 15.1 Å². The van der Waals surface area contributed by atoms with Crippen molar-refractivity contribution in [1.82, 2.24) is 14.7 Å². The maximum atomic E-state index is 12.9. The monoisotopic (exact) mass is 490 g/mol. The minimum absolute atomic E-state index is 0.00575. The van der Waals surface area contributed by atoms with Crippen LogP contribution < -0.4 is 5.32 Å². The van der Waals surface area contributed by atoms with Crippen LogP contribution in [0.2, 0.25) is 5.02 Å². The first-order valence-electron chi connectivity index (χ1n) is 12.5. The molecule has 0 radical (unpaired) electrons. The number of benzene rings is 1. The van der Waals surface area contributed by atoms with Crippen molar-refractivity contribution in [3.05, 3.63) is 28.3 Å². The van der Waals surface area contributed by atoms with E-state index < -0.39 is 0 Å². The standard InChI is InChI=1S/C26H39ClN4O3/c1-18-16-30(12-13-31(18)26(34)21-8-5-6-9-21)17-22-14-23(27)15-24(19(22)2)28-25(33)10-7-11-29(4)20(3)32/h14-15,18,21H,5-13,16-17H2,1-4H3,(H,28,33)/t18-/m0/s1. The van der Waals surface area contributed by atoms with Gasteiger partial charge in [-0.3, -0.25) is 19.3 Å². The second-order valence-corrected chi connectivity index (χ2v) is 10.4. The van der Waals surface area contributed by atoms with E-state index in [4.69, 9.17) is 11.6 Å². The molecule has 1 aliphatic carbocycles. The second kappa shape index (κ2) is 12.0. The lowest BCUT2D eigenvalue weighted by Crippen LogP contribution is -2.54. The summed E-state index contributed by atoms with van der Waals surface area (Å²) in [6.07, 6.45) is 5.37. The molecular formula is C26H39ClN4O3. The SMILES string of the molecule is CC(=O)N(C)CCCC(=O)Nc1cc(Cl)cc(CN2CCN(C(=O)C3CCCC3)[C@@H](C)C2)c1C. The number of carbonyl (C=O) groups excluding carboxylic acids is 3. The number of halogens is 1. The molecule has 8 heteroatoms. The molecule has 0 unspecified atom stereocenters. The van der Waals surface area contributed by atoms with Crippen LogP contribution in [0.5, 0.6) is 0 Å². The Labute approximate surface area is 208 Å². The molecule has 1 heterocycles. The average Bonchev–Trinajstić information content (AvgIpc) is 3.31. The number of nitrogens with one attached hydrogen (secondary N) is 1. The molecule has 7 nitrogen and oxygen atoms in total. The summed E-state index contributed by atoms with van der Waals surface area (Å²) in [5, 5.41) is 3.59. The van der Waals surface area contributed by atoms with Crippen LogP contribution in [-0.4, -0.2) is 71.7 Å². The summed E-state index contributed by atoms with van der Waals surface area (Å²) in [6, 6.07) is 3.95. The van der Waals surface area contributed by atoms with E-state index in [9.17, 15) is 14.4 Å². The minimum Gasteiger partial charge on any atom is -0.346 e. The molecule has 3 rings (SSSR count). The van der Waals surface area contributed by atoms with Gasteiger partial charge in [0.1, 0.15) is 0 Å². The zero-order valence-corrected chi connectivity index (χ0v) is 21.8. The molecule has 1 N–H and O–H groups in total. The van der Waals surface area contributed by atoms with Gasteiger partial charge in [-0.2, -0.15) is 0 Å². The van der Waals surface area contributed by atoms with Crippen molar-refractivity contribution in [3.63, 3.8) is 0 Å². The lowest BCUT2D eigenvalue weighted by molar-refractivity contribution is -0.140. The van der Waals surface area contributed by atoms with E-state index in [1.165, 1.54) is 19.8 Å². The van der Waals surface area contributed by atoms with Crippen LogP contribution in [0.25, 0.3) is 0 Å². The molecule has 1 saturated carbocycles. The van der Waals surface area contributed by atoms with Gasteiger partial charge in [0.05, 0.1) is 0 Å². The molecule has 3 amide bonds. The van der Waals surface area contributed by atoms with Gasteiger partial charge in [-0.15, -0.1) is 0 Å². The topological polar surface area (TPSA) is 73.0 Å². The zero-order valence-electron chi connectivity index (χ0n) is 21.0. The summed E-state index contributed by atoms with van der Waals surface area (Å²) in [4.78, 5) is 42.7. The van der Waals surface area contributed by atoms with Crippen LogP contribution in [0, 0.1) is 12.8 Å². The second-order valence-electron chi connectivity index (χ2n) is 9.93. The number of nitrogens with zero attached hydrogens (tertiary/aromatic N) is 3. The Kier molecular flexibility index (Phi) is 9.37. The molecule has 2 aliphatic rings. The summed E-state index contributed by atoms with van der Waals surface area (Å²) in [7, 11) is 1.74. The Balaban J connectivity index is 1.56. The summed E-state index contributed by atoms with van der Waals surface area (Å²) in [5.41, 5.74) is 2.83. The fraction of sp³-hybridized carbons (Fsp3) is 0.654. The predicted octanol–water partition coefficient (Wildman–Crippen LogP) is 4.07. The molecule has 0 spiro atoms. The fourth-order valence-electron chi connectivity index (χ4n) is 5.03. The van der Waals surface area contributed by atoms with E-state index in [0.29, 0.717) is 30.3 Å². The van der Waals surface area contributed by atoms with Crippen molar-refractivity contribution in [2.75, 3.05) is 38.5 Å². The lowest BCUT2D eigenvalue weighted by atomic mass is 10.0. The van der Waals surface area contributed by atoms with Gasteiger partial charge in [-0.1, -0.05) is 24.4 Å². The summed E-state index contributed by atoms with van der Waals surface area (Å²) in [6.45, 7) is 9.37. The Hall–Kier alpha value is -2.12. The van der Waals surface area contributed by atoms with Crippen LogP contribution in [0.1, 0.15) is 63.5 Å². The van der Waals surface area contributed by atoms with Crippen molar-refractivity contribution >= 4 is 35.0 Å². The molecule has 188 valence electrons. The first kappa shape index (κ1) is 26.5. The summed E-state index contributed by atoms with van der Waals surface area (Å²) < 4.78 is 0. The Morgan fingerprint density at radius 3 is 2.53 bits per heavy atom. The summed E-state index contributed by atoms with van der Waals surface area (Å²) in [5.74, 6) is 0.469. The largest absolute Gasteiger partial charge is 0.346 e. The van der Waals surface area contributed by atoms with E-state index in [-0.39, 0.29) is 23.8 Å². The van der Waals surface area contributed by atoms with Gasteiger partial charge in [-0.25, -0.2) is 0 Å². The van der Waals surface area contributed by atoms with Gasteiger partial charge in [0.15, 0.2) is 0 Å². The lowest BCUT2D eigenvalue weighted by Gasteiger charge is -2.41. The number of hydrogen-bond donors (Lipinski definition) is 1. The third kappa shape index (κ3) is 6.95. The molecule has 2 fully saturated rings. The van der Waals surface area contributed by atoms with E-state index >= 15 is 0 Å². The first-order chi connectivity index (χ1) is 16.2. The molecule has 1 aromatic rings. The van der Waals surface area contributed by atoms with E-state index in [1.54, 1.807) is 18.0 Å². The van der Waals surface area contributed by atoms with E-state index in [2.05, 4.69) is 22.0 Å². The van der Waals surface area contributed by atoms with Crippen LogP contribution in [-0.2, 0) is 20.9 Å².